The van der Waals surface area contributed by atoms with E-state index in [-0.39, 0.29) is 18.6 Å². The van der Waals surface area contributed by atoms with Crippen molar-refractivity contribution in [2.75, 3.05) is 24.4 Å². The largest absolute Gasteiger partial charge is 0.496 e. The molecule has 31 heavy (non-hydrogen) atoms. The molecule has 0 radical (unpaired) electrons. The van der Waals surface area contributed by atoms with Gasteiger partial charge in [-0.25, -0.2) is 9.78 Å². The van der Waals surface area contributed by atoms with E-state index in [4.69, 9.17) is 21.4 Å². The van der Waals surface area contributed by atoms with Crippen LogP contribution in [-0.4, -0.2) is 55.8 Å². The van der Waals surface area contributed by atoms with Gasteiger partial charge >= 0.3 is 6.09 Å². The molecule has 1 amide bonds. The monoisotopic (exact) mass is 448 g/mol. The maximum atomic E-state index is 11.1. The predicted molar refractivity (Wildman–Crippen MR) is 118 cm³/mol. The van der Waals surface area contributed by atoms with Gasteiger partial charge in [-0.15, -0.1) is 11.6 Å². The van der Waals surface area contributed by atoms with Crippen molar-refractivity contribution in [3.63, 3.8) is 0 Å². The summed E-state index contributed by atoms with van der Waals surface area (Å²) in [5.74, 6) is 1.45. The number of fused-ring (bicyclic) bond motifs is 1. The van der Waals surface area contributed by atoms with Crippen molar-refractivity contribution in [1.29, 1.82) is 0 Å². The zero-order valence-corrected chi connectivity index (χ0v) is 18.1. The van der Waals surface area contributed by atoms with Crippen LogP contribution in [0.5, 0.6) is 5.75 Å². The number of carboxylic acid groups (broad SMARTS) is 1. The minimum atomic E-state index is -1.26. The Morgan fingerprint density at radius 3 is 2.81 bits per heavy atom. The maximum absolute atomic E-state index is 11.1. The van der Waals surface area contributed by atoms with E-state index in [0.29, 0.717) is 41.4 Å². The number of benzene rings is 1. The number of nitrogens with one attached hydrogen (secondary N) is 2. The number of alkyl halides is 1. The highest BCUT2D eigenvalue weighted by Gasteiger charge is 2.18. The summed E-state index contributed by atoms with van der Waals surface area (Å²) in [6.07, 6.45) is 1.56. The van der Waals surface area contributed by atoms with Crippen molar-refractivity contribution in [2.45, 2.75) is 38.2 Å². The molecule has 2 aromatic heterocycles. The first kappa shape index (κ1) is 22.6. The molecule has 0 fully saturated rings. The molecule has 3 aromatic rings. The molecule has 10 nitrogen and oxygen atoms in total. The summed E-state index contributed by atoms with van der Waals surface area (Å²) in [5.41, 5.74) is 2.93. The van der Waals surface area contributed by atoms with E-state index in [1.807, 2.05) is 25.1 Å². The molecule has 0 spiro atoms. The second kappa shape index (κ2) is 10.3. The number of halogens is 1. The molecule has 0 aliphatic rings. The van der Waals surface area contributed by atoms with E-state index in [1.165, 1.54) is 0 Å². The SMILES string of the molecule is CC[C@@H](CCO)Nc1nc(NC(=O)O)nc2cnn(Cc3cc(CCl)ccc3OC)c12. The molecule has 0 aliphatic carbocycles. The van der Waals surface area contributed by atoms with Gasteiger partial charge in [-0.05, 0) is 30.5 Å². The summed E-state index contributed by atoms with van der Waals surface area (Å²) >= 11 is 5.99. The summed E-state index contributed by atoms with van der Waals surface area (Å²) in [6.45, 7) is 2.38. The van der Waals surface area contributed by atoms with Crippen molar-refractivity contribution in [3.05, 3.63) is 35.5 Å². The van der Waals surface area contributed by atoms with E-state index in [2.05, 4.69) is 25.7 Å². The maximum Gasteiger partial charge on any atom is 0.411 e. The van der Waals surface area contributed by atoms with Crippen LogP contribution in [-0.2, 0) is 12.4 Å². The minimum absolute atomic E-state index is 0.0155. The van der Waals surface area contributed by atoms with Gasteiger partial charge in [-0.1, -0.05) is 13.0 Å². The Morgan fingerprint density at radius 2 is 2.16 bits per heavy atom. The third-order valence-electron chi connectivity index (χ3n) is 4.84. The van der Waals surface area contributed by atoms with Crippen LogP contribution in [0.15, 0.2) is 24.4 Å². The number of aliphatic hydroxyl groups is 1. The lowest BCUT2D eigenvalue weighted by Crippen LogP contribution is -2.22. The topological polar surface area (TPSA) is 134 Å². The number of hydrogen-bond acceptors (Lipinski definition) is 7. The van der Waals surface area contributed by atoms with Gasteiger partial charge in [0.1, 0.15) is 16.8 Å². The molecule has 0 bridgehead atoms. The Bertz CT molecular complexity index is 1060. The number of amides is 1. The molecule has 0 aliphatic heterocycles. The van der Waals surface area contributed by atoms with Gasteiger partial charge in [-0.3, -0.25) is 10.00 Å². The van der Waals surface area contributed by atoms with E-state index in [0.717, 1.165) is 17.5 Å². The summed E-state index contributed by atoms with van der Waals surface area (Å²) in [4.78, 5) is 19.7. The molecule has 0 saturated carbocycles. The molecule has 11 heteroatoms. The van der Waals surface area contributed by atoms with Gasteiger partial charge in [0.2, 0.25) is 5.95 Å². The van der Waals surface area contributed by atoms with Crippen LogP contribution in [0.1, 0.15) is 30.9 Å². The van der Waals surface area contributed by atoms with Crippen LogP contribution in [0.2, 0.25) is 0 Å². The molecule has 1 atom stereocenters. The number of carbonyl (C=O) groups is 1. The zero-order chi connectivity index (χ0) is 22.4. The fourth-order valence-corrected chi connectivity index (χ4v) is 3.46. The third kappa shape index (κ3) is 5.33. The van der Waals surface area contributed by atoms with Gasteiger partial charge < -0.3 is 20.3 Å². The number of ether oxygens (including phenoxy) is 1. The van der Waals surface area contributed by atoms with Crippen LogP contribution >= 0.6 is 11.6 Å². The normalized spacial score (nSPS) is 12.0. The molecule has 1 aromatic carbocycles. The second-order valence-corrected chi connectivity index (χ2v) is 7.17. The Labute approximate surface area is 184 Å². The first-order valence-electron chi connectivity index (χ1n) is 9.81. The first-order chi connectivity index (χ1) is 15.0. The summed E-state index contributed by atoms with van der Waals surface area (Å²) in [6, 6.07) is 5.65. The van der Waals surface area contributed by atoms with E-state index in [1.54, 1.807) is 18.0 Å². The van der Waals surface area contributed by atoms with Gasteiger partial charge in [0.05, 0.1) is 19.9 Å². The zero-order valence-electron chi connectivity index (χ0n) is 17.3. The average molecular weight is 449 g/mol. The number of anilines is 2. The lowest BCUT2D eigenvalue weighted by molar-refractivity contribution is 0.209. The lowest BCUT2D eigenvalue weighted by Gasteiger charge is -2.18. The molecular formula is C20H25ClN6O4. The second-order valence-electron chi connectivity index (χ2n) is 6.90. The highest BCUT2D eigenvalue weighted by atomic mass is 35.5. The van der Waals surface area contributed by atoms with Crippen molar-refractivity contribution >= 4 is 40.5 Å². The Morgan fingerprint density at radius 1 is 1.35 bits per heavy atom. The summed E-state index contributed by atoms with van der Waals surface area (Å²) in [7, 11) is 1.60. The molecule has 0 saturated heterocycles. The molecule has 3 rings (SSSR count). The molecular weight excluding hydrogens is 424 g/mol. The minimum Gasteiger partial charge on any atom is -0.496 e. The van der Waals surface area contributed by atoms with Crippen molar-refractivity contribution in [3.8, 4) is 5.75 Å². The predicted octanol–water partition coefficient (Wildman–Crippen LogP) is 3.28. The highest BCUT2D eigenvalue weighted by molar-refractivity contribution is 6.17. The Kier molecular flexibility index (Phi) is 7.48. The molecule has 166 valence electrons. The van der Waals surface area contributed by atoms with Crippen LogP contribution in [0.3, 0.4) is 0 Å². The smallest absolute Gasteiger partial charge is 0.411 e. The van der Waals surface area contributed by atoms with Crippen molar-refractivity contribution in [1.82, 2.24) is 19.7 Å². The van der Waals surface area contributed by atoms with Gasteiger partial charge in [0.15, 0.2) is 5.82 Å². The van der Waals surface area contributed by atoms with Crippen LogP contribution in [0.4, 0.5) is 16.6 Å². The van der Waals surface area contributed by atoms with Crippen molar-refractivity contribution in [2.24, 2.45) is 0 Å². The van der Waals surface area contributed by atoms with Gasteiger partial charge in [0.25, 0.3) is 0 Å². The fraction of sp³-hybridized carbons (Fsp3) is 0.400. The quantitative estimate of drug-likeness (QED) is 0.347. The summed E-state index contributed by atoms with van der Waals surface area (Å²) in [5, 5.41) is 28.3. The van der Waals surface area contributed by atoms with E-state index in [9.17, 15) is 9.90 Å². The Balaban J connectivity index is 2.07. The number of nitrogens with zero attached hydrogens (tertiary/aromatic N) is 4. The number of aliphatic hydroxyl groups excluding tert-OH is 1. The number of rotatable bonds is 10. The van der Waals surface area contributed by atoms with Gasteiger partial charge in [0, 0.05) is 24.1 Å². The van der Waals surface area contributed by atoms with Gasteiger partial charge in [-0.2, -0.15) is 10.1 Å². The van der Waals surface area contributed by atoms with Crippen molar-refractivity contribution < 1.29 is 19.7 Å². The van der Waals surface area contributed by atoms with E-state index >= 15 is 0 Å². The lowest BCUT2D eigenvalue weighted by atomic mass is 10.1. The Hall–Kier alpha value is -3.11. The molecule has 4 N–H and O–H groups in total. The average Bonchev–Trinajstić information content (AvgIpc) is 3.15. The first-order valence-corrected chi connectivity index (χ1v) is 10.3. The number of hydrogen-bond donors (Lipinski definition) is 4. The highest BCUT2D eigenvalue weighted by Crippen LogP contribution is 2.27. The number of aromatic nitrogens is 4. The van der Waals surface area contributed by atoms with Crippen LogP contribution < -0.4 is 15.4 Å². The van der Waals surface area contributed by atoms with Crippen LogP contribution in [0.25, 0.3) is 11.0 Å². The standard InChI is InChI=1S/C20H25ClN6O4/c1-3-14(6-7-28)23-18-17-15(24-19(25-18)26-20(29)30)10-22-27(17)11-13-8-12(9-21)4-5-16(13)31-2/h4-5,8,10,14,28H,3,6-7,9,11H2,1-2H3,(H,29,30)(H2,23,24,25,26)/t14-/m0/s1. The van der Waals surface area contributed by atoms with E-state index < -0.39 is 6.09 Å². The molecule has 2 heterocycles. The summed E-state index contributed by atoms with van der Waals surface area (Å²) < 4.78 is 7.20. The fourth-order valence-electron chi connectivity index (χ4n) is 3.30. The third-order valence-corrected chi connectivity index (χ3v) is 5.15. The van der Waals surface area contributed by atoms with Crippen LogP contribution in [0, 0.1) is 0 Å². The molecule has 0 unspecified atom stereocenters. The number of methoxy groups -OCH3 is 1.